The van der Waals surface area contributed by atoms with E-state index in [1.54, 1.807) is 0 Å². The van der Waals surface area contributed by atoms with Crippen LogP contribution in [0.25, 0.3) is 0 Å². The number of hydrogen-bond acceptors (Lipinski definition) is 2. The van der Waals surface area contributed by atoms with Crippen LogP contribution < -0.4 is 11.1 Å². The largest absolute Gasteiger partial charge is 0.392 e. The SMILES string of the molecule is NC(=S)C(C(=O)NCC1CCCC1)c1ccccc1. The van der Waals surface area contributed by atoms with Gasteiger partial charge in [0.15, 0.2) is 0 Å². The molecular formula is C15H20N2OS. The van der Waals surface area contributed by atoms with Crippen LogP contribution in [0.2, 0.25) is 0 Å². The lowest BCUT2D eigenvalue weighted by atomic mass is 9.98. The third-order valence-corrected chi connectivity index (χ3v) is 3.96. The minimum Gasteiger partial charge on any atom is -0.392 e. The summed E-state index contributed by atoms with van der Waals surface area (Å²) in [7, 11) is 0. The molecule has 0 bridgehead atoms. The first-order valence-corrected chi connectivity index (χ1v) is 7.21. The summed E-state index contributed by atoms with van der Waals surface area (Å²) in [6, 6.07) is 9.48. The Morgan fingerprint density at radius 2 is 1.95 bits per heavy atom. The average Bonchev–Trinajstić information content (AvgIpc) is 2.90. The van der Waals surface area contributed by atoms with Crippen molar-refractivity contribution >= 4 is 23.1 Å². The Labute approximate surface area is 119 Å². The third kappa shape index (κ3) is 3.77. The normalized spacial score (nSPS) is 17.1. The van der Waals surface area contributed by atoms with E-state index in [1.807, 2.05) is 30.3 Å². The number of carbonyl (C=O) groups excluding carboxylic acids is 1. The lowest BCUT2D eigenvalue weighted by Crippen LogP contribution is -2.38. The first-order valence-electron chi connectivity index (χ1n) is 6.80. The molecule has 19 heavy (non-hydrogen) atoms. The van der Waals surface area contributed by atoms with Crippen LogP contribution in [0.15, 0.2) is 30.3 Å². The van der Waals surface area contributed by atoms with Gasteiger partial charge in [-0.25, -0.2) is 0 Å². The Morgan fingerprint density at radius 3 is 2.53 bits per heavy atom. The number of nitrogens with two attached hydrogens (primary N) is 1. The van der Waals surface area contributed by atoms with Crippen LogP contribution in [-0.2, 0) is 4.79 Å². The molecule has 3 N–H and O–H groups in total. The monoisotopic (exact) mass is 276 g/mol. The van der Waals surface area contributed by atoms with Crippen molar-refractivity contribution in [2.24, 2.45) is 11.7 Å². The quantitative estimate of drug-likeness (QED) is 0.812. The van der Waals surface area contributed by atoms with E-state index in [2.05, 4.69) is 5.32 Å². The predicted octanol–water partition coefficient (Wildman–Crippen LogP) is 2.36. The van der Waals surface area contributed by atoms with Gasteiger partial charge >= 0.3 is 0 Å². The molecule has 1 unspecified atom stereocenters. The van der Waals surface area contributed by atoms with E-state index >= 15 is 0 Å². The van der Waals surface area contributed by atoms with Crippen LogP contribution in [0.5, 0.6) is 0 Å². The second kappa shape index (κ2) is 6.66. The molecule has 0 saturated heterocycles. The van der Waals surface area contributed by atoms with Crippen molar-refractivity contribution in [2.45, 2.75) is 31.6 Å². The Balaban J connectivity index is 1.98. The van der Waals surface area contributed by atoms with Crippen molar-refractivity contribution in [1.29, 1.82) is 0 Å². The fourth-order valence-electron chi connectivity index (χ4n) is 2.65. The van der Waals surface area contributed by atoms with Gasteiger partial charge in [-0.15, -0.1) is 0 Å². The molecule has 1 fully saturated rings. The van der Waals surface area contributed by atoms with Crippen LogP contribution in [0.3, 0.4) is 0 Å². The fourth-order valence-corrected chi connectivity index (χ4v) is 2.89. The summed E-state index contributed by atoms with van der Waals surface area (Å²) in [6.07, 6.45) is 4.97. The zero-order valence-corrected chi connectivity index (χ0v) is 11.8. The third-order valence-electron chi connectivity index (χ3n) is 3.72. The van der Waals surface area contributed by atoms with Crippen molar-refractivity contribution in [1.82, 2.24) is 5.32 Å². The summed E-state index contributed by atoms with van der Waals surface area (Å²) in [5.74, 6) is 0.0231. The molecule has 0 heterocycles. The van der Waals surface area contributed by atoms with E-state index in [0.29, 0.717) is 5.92 Å². The van der Waals surface area contributed by atoms with Crippen molar-refractivity contribution in [2.75, 3.05) is 6.54 Å². The number of carbonyl (C=O) groups is 1. The highest BCUT2D eigenvalue weighted by atomic mass is 32.1. The molecule has 0 radical (unpaired) electrons. The standard InChI is InChI=1S/C15H20N2OS/c16-14(19)13(12-8-2-1-3-9-12)15(18)17-10-11-6-4-5-7-11/h1-3,8-9,11,13H,4-7,10H2,(H2,16,19)(H,17,18). The molecule has 0 aromatic heterocycles. The summed E-state index contributed by atoms with van der Waals surface area (Å²) in [5, 5.41) is 3.00. The molecule has 1 amide bonds. The minimum atomic E-state index is -0.516. The topological polar surface area (TPSA) is 55.1 Å². The molecule has 1 saturated carbocycles. The van der Waals surface area contributed by atoms with Crippen LogP contribution in [-0.4, -0.2) is 17.4 Å². The Kier molecular flexibility index (Phi) is 4.91. The summed E-state index contributed by atoms with van der Waals surface area (Å²) in [6.45, 7) is 0.741. The molecule has 0 aliphatic heterocycles. The molecule has 4 heteroatoms. The van der Waals surface area contributed by atoms with E-state index in [1.165, 1.54) is 25.7 Å². The van der Waals surface area contributed by atoms with E-state index in [4.69, 9.17) is 18.0 Å². The number of thiocarbonyl (C=S) groups is 1. The minimum absolute atomic E-state index is 0.0781. The Bertz CT molecular complexity index is 441. The van der Waals surface area contributed by atoms with Gasteiger partial charge in [0.1, 0.15) is 5.92 Å². The van der Waals surface area contributed by atoms with Crippen molar-refractivity contribution in [3.63, 3.8) is 0 Å². The maximum atomic E-state index is 12.3. The first-order chi connectivity index (χ1) is 9.18. The van der Waals surface area contributed by atoms with Gasteiger partial charge in [0.25, 0.3) is 0 Å². The molecule has 1 aromatic carbocycles. The van der Waals surface area contributed by atoms with Gasteiger partial charge in [-0.2, -0.15) is 0 Å². The maximum Gasteiger partial charge on any atom is 0.234 e. The van der Waals surface area contributed by atoms with Gasteiger partial charge in [-0.3, -0.25) is 4.79 Å². The summed E-state index contributed by atoms with van der Waals surface area (Å²) in [4.78, 5) is 12.5. The van der Waals surface area contributed by atoms with E-state index in [-0.39, 0.29) is 10.9 Å². The molecule has 1 atom stereocenters. The van der Waals surface area contributed by atoms with Crippen molar-refractivity contribution in [3.05, 3.63) is 35.9 Å². The maximum absolute atomic E-state index is 12.3. The molecule has 1 aliphatic rings. The predicted molar refractivity (Wildman–Crippen MR) is 80.9 cm³/mol. The van der Waals surface area contributed by atoms with Crippen LogP contribution >= 0.6 is 12.2 Å². The second-order valence-electron chi connectivity index (χ2n) is 5.14. The number of benzene rings is 1. The van der Waals surface area contributed by atoms with Gasteiger partial charge in [0.2, 0.25) is 5.91 Å². The molecule has 102 valence electrons. The van der Waals surface area contributed by atoms with Gasteiger partial charge in [0, 0.05) is 6.54 Å². The summed E-state index contributed by atoms with van der Waals surface area (Å²) < 4.78 is 0. The molecule has 2 rings (SSSR count). The fraction of sp³-hybridized carbons (Fsp3) is 0.467. The van der Waals surface area contributed by atoms with Gasteiger partial charge in [0.05, 0.1) is 4.99 Å². The molecule has 1 aliphatic carbocycles. The van der Waals surface area contributed by atoms with Crippen molar-refractivity contribution in [3.8, 4) is 0 Å². The van der Waals surface area contributed by atoms with E-state index < -0.39 is 5.92 Å². The molecule has 1 aromatic rings. The van der Waals surface area contributed by atoms with Gasteiger partial charge < -0.3 is 11.1 Å². The Hall–Kier alpha value is -1.42. The van der Waals surface area contributed by atoms with Gasteiger partial charge in [-0.05, 0) is 24.3 Å². The van der Waals surface area contributed by atoms with Crippen LogP contribution in [0, 0.1) is 5.92 Å². The highest BCUT2D eigenvalue weighted by Crippen LogP contribution is 2.24. The van der Waals surface area contributed by atoms with Crippen LogP contribution in [0.1, 0.15) is 37.2 Å². The molecular weight excluding hydrogens is 256 g/mol. The first kappa shape index (κ1) is 14.0. The smallest absolute Gasteiger partial charge is 0.234 e. The van der Waals surface area contributed by atoms with Crippen LogP contribution in [0.4, 0.5) is 0 Å². The summed E-state index contributed by atoms with van der Waals surface area (Å²) >= 11 is 5.04. The lowest BCUT2D eigenvalue weighted by Gasteiger charge is -2.17. The summed E-state index contributed by atoms with van der Waals surface area (Å²) in [5.41, 5.74) is 6.58. The number of hydrogen-bond donors (Lipinski definition) is 2. The zero-order valence-electron chi connectivity index (χ0n) is 11.0. The lowest BCUT2D eigenvalue weighted by molar-refractivity contribution is -0.121. The number of nitrogens with one attached hydrogen (secondary N) is 1. The highest BCUT2D eigenvalue weighted by Gasteiger charge is 2.24. The Morgan fingerprint density at radius 1 is 1.32 bits per heavy atom. The zero-order chi connectivity index (χ0) is 13.7. The highest BCUT2D eigenvalue weighted by molar-refractivity contribution is 7.80. The average molecular weight is 276 g/mol. The van der Waals surface area contributed by atoms with E-state index in [9.17, 15) is 4.79 Å². The number of rotatable bonds is 5. The van der Waals surface area contributed by atoms with Crippen molar-refractivity contribution < 1.29 is 4.79 Å². The van der Waals surface area contributed by atoms with Gasteiger partial charge in [-0.1, -0.05) is 55.4 Å². The van der Waals surface area contributed by atoms with E-state index in [0.717, 1.165) is 12.1 Å². The molecule has 3 nitrogen and oxygen atoms in total. The molecule has 0 spiro atoms. The second-order valence-corrected chi connectivity index (χ2v) is 5.61. The number of amides is 1.